The number of ether oxygens (including phenoxy) is 1. The highest BCUT2D eigenvalue weighted by Gasteiger charge is 2.48. The van der Waals surface area contributed by atoms with Gasteiger partial charge in [0.1, 0.15) is 11.5 Å². The molecule has 1 fully saturated rings. The summed E-state index contributed by atoms with van der Waals surface area (Å²) >= 11 is 1.34. The van der Waals surface area contributed by atoms with Gasteiger partial charge in [0.2, 0.25) is 0 Å². The van der Waals surface area contributed by atoms with Gasteiger partial charge >= 0.3 is 5.91 Å². The molecule has 2 aromatic carbocycles. The number of Topliss-reactive ketones (excluding diaryl/α,β-unsaturated/α-hetero) is 1. The van der Waals surface area contributed by atoms with E-state index >= 15 is 0 Å². The summed E-state index contributed by atoms with van der Waals surface area (Å²) in [7, 11) is 0. The van der Waals surface area contributed by atoms with E-state index in [-0.39, 0.29) is 11.3 Å². The monoisotopic (exact) mass is 471 g/mol. The molecule has 5 rings (SSSR count). The number of thiazole rings is 1. The highest BCUT2D eigenvalue weighted by molar-refractivity contribution is 7.22. The molecule has 0 aliphatic carbocycles. The number of carbonyl (C=O) groups excluding carboxylic acids is 2. The van der Waals surface area contributed by atoms with Gasteiger partial charge in [0, 0.05) is 18.0 Å². The lowest BCUT2D eigenvalue weighted by Crippen LogP contribution is -2.29. The molecule has 2 aromatic heterocycles. The van der Waals surface area contributed by atoms with Gasteiger partial charge in [-0.25, -0.2) is 4.98 Å². The van der Waals surface area contributed by atoms with Crippen LogP contribution in [0.25, 0.3) is 16.0 Å². The van der Waals surface area contributed by atoms with E-state index in [2.05, 4.69) is 9.97 Å². The first kappa shape index (κ1) is 21.8. The summed E-state index contributed by atoms with van der Waals surface area (Å²) in [6, 6.07) is 15.4. The standard InChI is InChI=1S/C26H21N3O4S/c1-3-33-18-7-5-16(6-8-18)22-21(23(30)17-10-12-27-13-11-17)24(31)25(32)29(22)26-28-19-9-4-15(2)14-20(19)34-26/h4-14,22,30H,3H2,1-2H3. The van der Waals surface area contributed by atoms with Gasteiger partial charge in [-0.2, -0.15) is 0 Å². The van der Waals surface area contributed by atoms with Crippen molar-refractivity contribution in [2.75, 3.05) is 11.5 Å². The lowest BCUT2D eigenvalue weighted by Gasteiger charge is -2.23. The molecule has 8 heteroatoms. The molecule has 0 saturated carbocycles. The van der Waals surface area contributed by atoms with Crippen LogP contribution in [0.2, 0.25) is 0 Å². The Hall–Kier alpha value is -4.04. The number of carbonyl (C=O) groups is 2. The van der Waals surface area contributed by atoms with E-state index in [4.69, 9.17) is 4.74 Å². The van der Waals surface area contributed by atoms with E-state index in [1.165, 1.54) is 28.6 Å². The summed E-state index contributed by atoms with van der Waals surface area (Å²) in [5.74, 6) is -1.07. The molecule has 4 aromatic rings. The fraction of sp³-hybridized carbons (Fsp3) is 0.154. The van der Waals surface area contributed by atoms with Crippen LogP contribution in [0, 0.1) is 6.92 Å². The normalized spacial score (nSPS) is 17.5. The zero-order valence-electron chi connectivity index (χ0n) is 18.6. The number of pyridine rings is 1. The summed E-state index contributed by atoms with van der Waals surface area (Å²) < 4.78 is 6.46. The van der Waals surface area contributed by atoms with Gasteiger partial charge in [0.15, 0.2) is 5.13 Å². The minimum Gasteiger partial charge on any atom is -0.507 e. The van der Waals surface area contributed by atoms with E-state index in [0.717, 1.165) is 15.8 Å². The molecular formula is C26H21N3O4S. The number of aryl methyl sites for hydroxylation is 1. The highest BCUT2D eigenvalue weighted by Crippen LogP contribution is 2.44. The Morgan fingerprint density at radius 3 is 2.53 bits per heavy atom. The van der Waals surface area contributed by atoms with E-state index in [1.807, 2.05) is 32.0 Å². The van der Waals surface area contributed by atoms with Crippen LogP contribution in [0.5, 0.6) is 5.75 Å². The summed E-state index contributed by atoms with van der Waals surface area (Å²) in [6.07, 6.45) is 3.04. The molecular weight excluding hydrogens is 450 g/mol. The zero-order valence-corrected chi connectivity index (χ0v) is 19.4. The molecule has 0 bridgehead atoms. The average Bonchev–Trinajstić information content (AvgIpc) is 3.37. The molecule has 1 atom stereocenters. The fourth-order valence-corrected chi connectivity index (χ4v) is 5.14. The van der Waals surface area contributed by atoms with Crippen LogP contribution >= 0.6 is 11.3 Å². The van der Waals surface area contributed by atoms with Crippen molar-refractivity contribution < 1.29 is 19.4 Å². The van der Waals surface area contributed by atoms with Crippen molar-refractivity contribution in [3.63, 3.8) is 0 Å². The summed E-state index contributed by atoms with van der Waals surface area (Å²) in [5.41, 5.74) is 2.89. The molecule has 1 amide bonds. The SMILES string of the molecule is CCOc1ccc(C2C(=C(O)c3ccncc3)C(=O)C(=O)N2c2nc3ccc(C)cc3s2)cc1. The molecule has 3 heterocycles. The van der Waals surface area contributed by atoms with Crippen LogP contribution in [0.4, 0.5) is 5.13 Å². The molecule has 170 valence electrons. The van der Waals surface area contributed by atoms with Crippen molar-refractivity contribution in [1.29, 1.82) is 0 Å². The van der Waals surface area contributed by atoms with Crippen molar-refractivity contribution in [3.05, 3.63) is 89.3 Å². The number of hydrogen-bond donors (Lipinski definition) is 1. The van der Waals surface area contributed by atoms with E-state index in [1.54, 1.807) is 36.4 Å². The third-order valence-electron chi connectivity index (χ3n) is 5.64. The predicted octanol–water partition coefficient (Wildman–Crippen LogP) is 5.02. The Morgan fingerprint density at radius 1 is 1.09 bits per heavy atom. The lowest BCUT2D eigenvalue weighted by molar-refractivity contribution is -0.132. The van der Waals surface area contributed by atoms with Crippen molar-refractivity contribution >= 4 is 44.1 Å². The van der Waals surface area contributed by atoms with Crippen molar-refractivity contribution in [2.45, 2.75) is 19.9 Å². The lowest BCUT2D eigenvalue weighted by atomic mass is 9.95. The Balaban J connectivity index is 1.70. The van der Waals surface area contributed by atoms with Gasteiger partial charge in [0.05, 0.1) is 28.4 Å². The molecule has 1 aliphatic heterocycles. The molecule has 1 N–H and O–H groups in total. The number of ketones is 1. The van der Waals surface area contributed by atoms with Gasteiger partial charge < -0.3 is 9.84 Å². The van der Waals surface area contributed by atoms with Crippen molar-refractivity contribution in [1.82, 2.24) is 9.97 Å². The largest absolute Gasteiger partial charge is 0.507 e. The first-order valence-electron chi connectivity index (χ1n) is 10.8. The second-order valence-electron chi connectivity index (χ2n) is 7.87. The number of aliphatic hydroxyl groups is 1. The van der Waals surface area contributed by atoms with Crippen molar-refractivity contribution in [3.8, 4) is 5.75 Å². The Labute approximate surface area is 200 Å². The molecule has 34 heavy (non-hydrogen) atoms. The second kappa shape index (κ2) is 8.72. The molecule has 0 radical (unpaired) electrons. The molecule has 1 saturated heterocycles. The molecule has 0 spiro atoms. The molecule has 1 aliphatic rings. The third-order valence-corrected chi connectivity index (χ3v) is 6.66. The first-order chi connectivity index (χ1) is 16.5. The summed E-state index contributed by atoms with van der Waals surface area (Å²) in [6.45, 7) is 4.40. The number of fused-ring (bicyclic) bond motifs is 1. The van der Waals surface area contributed by atoms with Crippen molar-refractivity contribution in [2.24, 2.45) is 0 Å². The maximum absolute atomic E-state index is 13.3. The van der Waals surface area contributed by atoms with E-state index < -0.39 is 17.7 Å². The van der Waals surface area contributed by atoms with Crippen LogP contribution in [-0.2, 0) is 9.59 Å². The Morgan fingerprint density at radius 2 is 1.82 bits per heavy atom. The van der Waals surface area contributed by atoms with Gasteiger partial charge in [-0.05, 0) is 61.4 Å². The minimum absolute atomic E-state index is 0.01000. The second-order valence-corrected chi connectivity index (χ2v) is 8.88. The van der Waals surface area contributed by atoms with Crippen LogP contribution in [-0.4, -0.2) is 33.4 Å². The molecule has 7 nitrogen and oxygen atoms in total. The average molecular weight is 472 g/mol. The number of amides is 1. The molecule has 1 unspecified atom stereocenters. The van der Waals surface area contributed by atoms with Crippen LogP contribution in [0.3, 0.4) is 0 Å². The Kier molecular flexibility index (Phi) is 5.59. The maximum atomic E-state index is 13.3. The first-order valence-corrected chi connectivity index (χ1v) is 11.6. The number of hydrogen-bond acceptors (Lipinski definition) is 7. The fourth-order valence-electron chi connectivity index (χ4n) is 4.05. The van der Waals surface area contributed by atoms with E-state index in [0.29, 0.717) is 28.6 Å². The number of anilines is 1. The van der Waals surface area contributed by atoms with Gasteiger partial charge in [0.25, 0.3) is 5.78 Å². The quantitative estimate of drug-likeness (QED) is 0.249. The number of benzene rings is 2. The van der Waals surface area contributed by atoms with E-state index in [9.17, 15) is 14.7 Å². The summed E-state index contributed by atoms with van der Waals surface area (Å²) in [5, 5.41) is 11.5. The topological polar surface area (TPSA) is 92.6 Å². The van der Waals surface area contributed by atoms with Crippen LogP contribution in [0.1, 0.15) is 29.7 Å². The number of rotatable bonds is 5. The van der Waals surface area contributed by atoms with Crippen LogP contribution < -0.4 is 9.64 Å². The maximum Gasteiger partial charge on any atom is 0.301 e. The van der Waals surface area contributed by atoms with Gasteiger partial charge in [-0.1, -0.05) is 29.5 Å². The third kappa shape index (κ3) is 3.72. The van der Waals surface area contributed by atoms with Crippen LogP contribution in [0.15, 0.2) is 72.6 Å². The van der Waals surface area contributed by atoms with Gasteiger partial charge in [-0.15, -0.1) is 0 Å². The number of aromatic nitrogens is 2. The number of aliphatic hydroxyl groups excluding tert-OH is 1. The number of nitrogens with zero attached hydrogens (tertiary/aromatic N) is 3. The summed E-state index contributed by atoms with van der Waals surface area (Å²) in [4.78, 5) is 36.6. The van der Waals surface area contributed by atoms with Gasteiger partial charge in [-0.3, -0.25) is 19.5 Å². The Bertz CT molecular complexity index is 1430. The zero-order chi connectivity index (χ0) is 23.8. The highest BCUT2D eigenvalue weighted by atomic mass is 32.1. The smallest absolute Gasteiger partial charge is 0.301 e. The minimum atomic E-state index is -0.842. The predicted molar refractivity (Wildman–Crippen MR) is 131 cm³/mol.